The lowest BCUT2D eigenvalue weighted by Crippen LogP contribution is -2.54. The lowest BCUT2D eigenvalue weighted by Gasteiger charge is -2.39. The van der Waals surface area contributed by atoms with Gasteiger partial charge in [-0.2, -0.15) is 0 Å². The van der Waals surface area contributed by atoms with Gasteiger partial charge in [0.25, 0.3) is 0 Å². The first-order valence-corrected chi connectivity index (χ1v) is 12.0. The first-order chi connectivity index (χ1) is 14.1. The topological polar surface area (TPSA) is 73.0 Å². The summed E-state index contributed by atoms with van der Waals surface area (Å²) >= 11 is 0. The van der Waals surface area contributed by atoms with E-state index >= 15 is 0 Å². The van der Waals surface area contributed by atoms with Crippen LogP contribution in [-0.4, -0.2) is 87.8 Å². The molecule has 0 saturated carbocycles. The number of halogens is 1. The van der Waals surface area contributed by atoms with Crippen molar-refractivity contribution in [3.63, 3.8) is 0 Å². The lowest BCUT2D eigenvalue weighted by atomic mass is 10.0. The van der Waals surface area contributed by atoms with E-state index in [4.69, 9.17) is 0 Å². The highest BCUT2D eigenvalue weighted by Gasteiger charge is 2.25. The van der Waals surface area contributed by atoms with Crippen molar-refractivity contribution in [2.24, 2.45) is 5.92 Å². The number of amides is 1. The van der Waals surface area contributed by atoms with Crippen molar-refractivity contribution >= 4 is 15.9 Å². The molecule has 30 heavy (non-hydrogen) atoms. The van der Waals surface area contributed by atoms with E-state index in [0.29, 0.717) is 24.9 Å². The van der Waals surface area contributed by atoms with Crippen LogP contribution in [0.25, 0.3) is 0 Å². The van der Waals surface area contributed by atoms with E-state index in [1.165, 1.54) is 23.5 Å². The zero-order chi connectivity index (χ0) is 22.3. The molecule has 1 fully saturated rings. The third-order valence-electron chi connectivity index (χ3n) is 5.68. The Labute approximate surface area is 180 Å². The lowest BCUT2D eigenvalue weighted by molar-refractivity contribution is -0.121. The normalized spacial score (nSPS) is 17.4. The minimum Gasteiger partial charge on any atom is -0.355 e. The summed E-state index contributed by atoms with van der Waals surface area (Å²) in [6, 6.07) is 5.04. The first kappa shape index (κ1) is 24.7. The van der Waals surface area contributed by atoms with E-state index in [2.05, 4.69) is 36.0 Å². The number of hydrogen-bond acceptors (Lipinski definition) is 5. The molecule has 0 aromatic heterocycles. The molecular formula is C21H35FN4O3S. The second-order valence-electron chi connectivity index (χ2n) is 8.34. The molecule has 1 saturated heterocycles. The van der Waals surface area contributed by atoms with Crippen LogP contribution in [0.4, 0.5) is 4.39 Å². The Bertz CT molecular complexity index is 778. The molecule has 0 spiro atoms. The molecule has 1 heterocycles. The maximum Gasteiger partial charge on any atom is 0.242 e. The zero-order valence-corrected chi connectivity index (χ0v) is 19.3. The van der Waals surface area contributed by atoms with E-state index in [1.807, 2.05) is 0 Å². The van der Waals surface area contributed by atoms with Crippen LogP contribution in [-0.2, 0) is 14.8 Å². The Morgan fingerprint density at radius 2 is 1.77 bits per heavy atom. The second kappa shape index (κ2) is 11.2. The summed E-state index contributed by atoms with van der Waals surface area (Å²) in [5.74, 6) is -0.118. The average molecular weight is 443 g/mol. The highest BCUT2D eigenvalue weighted by molar-refractivity contribution is 7.89. The number of benzene rings is 1. The molecule has 1 N–H and O–H groups in total. The second-order valence-corrected chi connectivity index (χ2v) is 10.4. The number of nitrogens with one attached hydrogen (secondary N) is 1. The van der Waals surface area contributed by atoms with Crippen molar-refractivity contribution in [3.8, 4) is 0 Å². The van der Waals surface area contributed by atoms with Crippen LogP contribution >= 0.6 is 0 Å². The Balaban J connectivity index is 1.77. The van der Waals surface area contributed by atoms with Gasteiger partial charge in [0.1, 0.15) is 5.82 Å². The Hall–Kier alpha value is -1.55. The Morgan fingerprint density at radius 1 is 1.17 bits per heavy atom. The van der Waals surface area contributed by atoms with Crippen LogP contribution in [0.15, 0.2) is 29.2 Å². The van der Waals surface area contributed by atoms with Gasteiger partial charge in [0.2, 0.25) is 15.9 Å². The van der Waals surface area contributed by atoms with Gasteiger partial charge in [0, 0.05) is 58.8 Å². The number of sulfonamides is 1. The van der Waals surface area contributed by atoms with Gasteiger partial charge in [-0.25, -0.2) is 17.1 Å². The van der Waals surface area contributed by atoms with Crippen molar-refractivity contribution < 1.29 is 17.6 Å². The molecule has 1 aliphatic rings. The molecule has 1 amide bonds. The molecule has 7 nitrogen and oxygen atoms in total. The van der Waals surface area contributed by atoms with Gasteiger partial charge in [0.15, 0.2) is 0 Å². The monoisotopic (exact) mass is 442 g/mol. The molecule has 1 aliphatic heterocycles. The largest absolute Gasteiger partial charge is 0.355 e. The minimum atomic E-state index is -3.69. The van der Waals surface area contributed by atoms with Crippen LogP contribution in [0, 0.1) is 11.7 Å². The van der Waals surface area contributed by atoms with Crippen molar-refractivity contribution in [2.75, 3.05) is 53.4 Å². The van der Waals surface area contributed by atoms with Crippen LogP contribution in [0.2, 0.25) is 0 Å². The van der Waals surface area contributed by atoms with E-state index in [0.717, 1.165) is 38.3 Å². The molecule has 1 atom stereocenters. The SMILES string of the molecule is CC(C)C(CNC(=O)CCCN(C)S(=O)(=O)c1ccc(F)cc1)N1CCN(C)CC1. The van der Waals surface area contributed by atoms with Crippen LogP contribution in [0.5, 0.6) is 0 Å². The quantitative estimate of drug-likeness (QED) is 0.596. The maximum atomic E-state index is 13.0. The molecule has 0 radical (unpaired) electrons. The van der Waals surface area contributed by atoms with Gasteiger partial charge in [-0.3, -0.25) is 9.69 Å². The summed E-state index contributed by atoms with van der Waals surface area (Å²) in [4.78, 5) is 17.1. The third kappa shape index (κ3) is 7.01. The third-order valence-corrected chi connectivity index (χ3v) is 7.55. The van der Waals surface area contributed by atoms with Gasteiger partial charge >= 0.3 is 0 Å². The van der Waals surface area contributed by atoms with Gasteiger partial charge < -0.3 is 10.2 Å². The summed E-state index contributed by atoms with van der Waals surface area (Å²) in [7, 11) is -0.0926. The number of likely N-dealkylation sites (N-methyl/N-ethyl adjacent to an activating group) is 1. The Kier molecular flexibility index (Phi) is 9.21. The van der Waals surface area contributed by atoms with E-state index in [-0.39, 0.29) is 23.8 Å². The fourth-order valence-corrected chi connectivity index (χ4v) is 4.83. The van der Waals surface area contributed by atoms with Crippen molar-refractivity contribution in [1.29, 1.82) is 0 Å². The minimum absolute atomic E-state index is 0.0443. The predicted molar refractivity (Wildman–Crippen MR) is 116 cm³/mol. The van der Waals surface area contributed by atoms with E-state index in [9.17, 15) is 17.6 Å². The molecule has 9 heteroatoms. The summed E-state index contributed by atoms with van der Waals surface area (Å²) < 4.78 is 39.2. The highest BCUT2D eigenvalue weighted by atomic mass is 32.2. The molecule has 0 bridgehead atoms. The number of carbonyl (C=O) groups is 1. The smallest absolute Gasteiger partial charge is 0.242 e. The molecule has 170 valence electrons. The van der Waals surface area contributed by atoms with Gasteiger partial charge in [-0.05, 0) is 43.7 Å². The molecule has 0 aliphatic carbocycles. The molecular weight excluding hydrogens is 407 g/mol. The highest BCUT2D eigenvalue weighted by Crippen LogP contribution is 2.16. The molecule has 2 rings (SSSR count). The van der Waals surface area contributed by atoms with Crippen LogP contribution in [0.1, 0.15) is 26.7 Å². The van der Waals surface area contributed by atoms with Gasteiger partial charge in [-0.15, -0.1) is 0 Å². The van der Waals surface area contributed by atoms with Crippen LogP contribution < -0.4 is 5.32 Å². The summed E-state index contributed by atoms with van der Waals surface area (Å²) in [6.07, 6.45) is 0.681. The maximum absolute atomic E-state index is 13.0. The molecule has 1 aromatic rings. The van der Waals surface area contributed by atoms with Crippen molar-refractivity contribution in [3.05, 3.63) is 30.1 Å². The fraction of sp³-hybridized carbons (Fsp3) is 0.667. The molecule has 1 unspecified atom stereocenters. The number of hydrogen-bond donors (Lipinski definition) is 1. The Morgan fingerprint density at radius 3 is 2.33 bits per heavy atom. The summed E-state index contributed by atoms with van der Waals surface area (Å²) in [5.41, 5.74) is 0. The number of piperazine rings is 1. The zero-order valence-electron chi connectivity index (χ0n) is 18.5. The average Bonchev–Trinajstić information content (AvgIpc) is 2.69. The number of carbonyl (C=O) groups excluding carboxylic acids is 1. The van der Waals surface area contributed by atoms with Gasteiger partial charge in [0.05, 0.1) is 4.90 Å². The van der Waals surface area contributed by atoms with E-state index in [1.54, 1.807) is 0 Å². The first-order valence-electron chi connectivity index (χ1n) is 10.5. The van der Waals surface area contributed by atoms with Crippen molar-refractivity contribution in [2.45, 2.75) is 37.6 Å². The number of rotatable bonds is 10. The van der Waals surface area contributed by atoms with Crippen LogP contribution in [0.3, 0.4) is 0 Å². The predicted octanol–water partition coefficient (Wildman–Crippen LogP) is 1.61. The van der Waals surface area contributed by atoms with Gasteiger partial charge in [-0.1, -0.05) is 13.8 Å². The van der Waals surface area contributed by atoms with Crippen molar-refractivity contribution in [1.82, 2.24) is 19.4 Å². The standard InChI is InChI=1S/C21H35FN4O3S/c1-17(2)20(26-14-12-24(3)13-15-26)16-23-21(27)6-5-11-25(4)30(28,29)19-9-7-18(22)8-10-19/h7-10,17,20H,5-6,11-16H2,1-4H3,(H,23,27). The van der Waals surface area contributed by atoms with E-state index < -0.39 is 15.8 Å². The molecule has 1 aromatic carbocycles. The fourth-order valence-electron chi connectivity index (χ4n) is 3.62. The summed E-state index contributed by atoms with van der Waals surface area (Å²) in [5, 5.41) is 3.02. The summed E-state index contributed by atoms with van der Waals surface area (Å²) in [6.45, 7) is 9.23. The number of nitrogens with zero attached hydrogens (tertiary/aromatic N) is 3.